The summed E-state index contributed by atoms with van der Waals surface area (Å²) in [6.45, 7) is 3.98. The van der Waals surface area contributed by atoms with Gasteiger partial charge in [0, 0.05) is 17.6 Å². The van der Waals surface area contributed by atoms with Gasteiger partial charge in [0.2, 0.25) is 5.91 Å². The summed E-state index contributed by atoms with van der Waals surface area (Å²) >= 11 is 0. The Labute approximate surface area is 142 Å². The summed E-state index contributed by atoms with van der Waals surface area (Å²) in [5.41, 5.74) is 8.14. The number of oxazole rings is 1. The van der Waals surface area contributed by atoms with Crippen LogP contribution in [0.25, 0.3) is 11.1 Å². The third kappa shape index (κ3) is 3.67. The van der Waals surface area contributed by atoms with Crippen molar-refractivity contribution in [2.45, 2.75) is 51.5 Å². The van der Waals surface area contributed by atoms with Crippen LogP contribution in [0, 0.1) is 5.92 Å². The van der Waals surface area contributed by atoms with E-state index in [0.717, 1.165) is 48.9 Å². The Bertz CT molecular complexity index is 696. The van der Waals surface area contributed by atoms with Crippen molar-refractivity contribution in [1.29, 1.82) is 0 Å². The zero-order valence-electron chi connectivity index (χ0n) is 13.6. The minimum absolute atomic E-state index is 0. The zero-order valence-corrected chi connectivity index (χ0v) is 14.4. The molecule has 5 nitrogen and oxygen atoms in total. The lowest BCUT2D eigenvalue weighted by atomic mass is 9.74. The molecule has 1 aliphatic carbocycles. The molecule has 0 radical (unpaired) electrons. The monoisotopic (exact) mass is 337 g/mol. The second-order valence-corrected chi connectivity index (χ2v) is 6.44. The molecule has 1 aromatic heterocycles. The predicted octanol–water partition coefficient (Wildman–Crippen LogP) is 3.66. The van der Waals surface area contributed by atoms with E-state index in [0.29, 0.717) is 5.89 Å². The summed E-state index contributed by atoms with van der Waals surface area (Å²) in [5, 5.41) is 2.99. The largest absolute Gasteiger partial charge is 0.441 e. The van der Waals surface area contributed by atoms with Crippen molar-refractivity contribution in [1.82, 2.24) is 4.98 Å². The zero-order chi connectivity index (χ0) is 15.7. The number of carbonyl (C=O) groups is 1. The molecule has 2 atom stereocenters. The fourth-order valence-corrected chi connectivity index (χ4v) is 3.22. The molecule has 2 unspecified atom stereocenters. The van der Waals surface area contributed by atoms with Gasteiger partial charge in [0.25, 0.3) is 0 Å². The van der Waals surface area contributed by atoms with Crippen LogP contribution in [0.4, 0.5) is 5.69 Å². The van der Waals surface area contributed by atoms with E-state index in [9.17, 15) is 4.79 Å². The number of benzene rings is 1. The Morgan fingerprint density at radius 3 is 2.96 bits per heavy atom. The molecule has 126 valence electrons. The van der Waals surface area contributed by atoms with Crippen molar-refractivity contribution >= 4 is 35.1 Å². The van der Waals surface area contributed by atoms with Crippen LogP contribution in [-0.2, 0) is 11.2 Å². The van der Waals surface area contributed by atoms with Gasteiger partial charge in [-0.2, -0.15) is 0 Å². The molecule has 3 rings (SSSR count). The molecular formula is C17H24ClN3O2. The van der Waals surface area contributed by atoms with Crippen molar-refractivity contribution in [3.63, 3.8) is 0 Å². The summed E-state index contributed by atoms with van der Waals surface area (Å²) in [6, 6.07) is 5.55. The molecule has 3 N–H and O–H groups in total. The maximum atomic E-state index is 12.5. The molecule has 1 amide bonds. The molecule has 0 bridgehead atoms. The maximum absolute atomic E-state index is 12.5. The first-order valence-electron chi connectivity index (χ1n) is 7.99. The minimum Gasteiger partial charge on any atom is -0.441 e. The fraction of sp³-hybridized carbons (Fsp3) is 0.529. The normalized spacial score (nSPS) is 24.2. The van der Waals surface area contributed by atoms with E-state index >= 15 is 0 Å². The first-order valence-corrected chi connectivity index (χ1v) is 7.99. The topological polar surface area (TPSA) is 81.2 Å². The van der Waals surface area contributed by atoms with E-state index in [-0.39, 0.29) is 24.2 Å². The van der Waals surface area contributed by atoms with Gasteiger partial charge in [-0.05, 0) is 38.0 Å². The molecule has 2 aromatic rings. The van der Waals surface area contributed by atoms with Crippen LogP contribution in [0.2, 0.25) is 0 Å². The standard InChI is InChI=1S/C17H23N3O2.ClH/c1-3-15-20-13-10-11(7-8-14(13)22-15)19-16(21)12-6-4-5-9-17(12,2)18;/h7-8,10,12H,3-6,9,18H2,1-2H3,(H,19,21);1H. The summed E-state index contributed by atoms with van der Waals surface area (Å²) in [7, 11) is 0. The van der Waals surface area contributed by atoms with E-state index in [1.54, 1.807) is 0 Å². The number of nitrogens with one attached hydrogen (secondary N) is 1. The van der Waals surface area contributed by atoms with Gasteiger partial charge in [0.05, 0.1) is 5.92 Å². The summed E-state index contributed by atoms with van der Waals surface area (Å²) in [4.78, 5) is 16.9. The van der Waals surface area contributed by atoms with E-state index in [1.807, 2.05) is 32.0 Å². The number of aryl methyl sites for hydroxylation is 1. The van der Waals surface area contributed by atoms with Crippen LogP contribution in [0.3, 0.4) is 0 Å². The average molecular weight is 338 g/mol. The Hall–Kier alpha value is -1.59. The van der Waals surface area contributed by atoms with Crippen LogP contribution in [0.15, 0.2) is 22.6 Å². The number of nitrogens with zero attached hydrogens (tertiary/aromatic N) is 1. The SMILES string of the molecule is CCc1nc2cc(NC(=O)C3CCCCC3(C)N)ccc2o1.Cl. The third-order valence-electron chi connectivity index (χ3n) is 4.57. The lowest BCUT2D eigenvalue weighted by Crippen LogP contribution is -2.51. The highest BCUT2D eigenvalue weighted by molar-refractivity contribution is 5.95. The lowest BCUT2D eigenvalue weighted by molar-refractivity contribution is -0.122. The van der Waals surface area contributed by atoms with Crippen LogP contribution in [0.1, 0.15) is 45.4 Å². The molecular weight excluding hydrogens is 314 g/mol. The highest BCUT2D eigenvalue weighted by Gasteiger charge is 2.37. The van der Waals surface area contributed by atoms with Gasteiger partial charge < -0.3 is 15.5 Å². The summed E-state index contributed by atoms with van der Waals surface area (Å²) in [6.07, 6.45) is 4.66. The fourth-order valence-electron chi connectivity index (χ4n) is 3.22. The number of rotatable bonds is 3. The third-order valence-corrected chi connectivity index (χ3v) is 4.57. The van der Waals surface area contributed by atoms with Gasteiger partial charge in [-0.3, -0.25) is 4.79 Å². The molecule has 1 fully saturated rings. The highest BCUT2D eigenvalue weighted by Crippen LogP contribution is 2.32. The van der Waals surface area contributed by atoms with Gasteiger partial charge in [-0.1, -0.05) is 19.8 Å². The van der Waals surface area contributed by atoms with E-state index in [1.165, 1.54) is 0 Å². The molecule has 6 heteroatoms. The van der Waals surface area contributed by atoms with Crippen LogP contribution >= 0.6 is 12.4 Å². The molecule has 0 spiro atoms. The van der Waals surface area contributed by atoms with Crippen LogP contribution in [-0.4, -0.2) is 16.4 Å². The highest BCUT2D eigenvalue weighted by atomic mass is 35.5. The van der Waals surface area contributed by atoms with Crippen molar-refractivity contribution in [2.24, 2.45) is 11.7 Å². The molecule has 1 aliphatic rings. The van der Waals surface area contributed by atoms with Gasteiger partial charge in [-0.15, -0.1) is 12.4 Å². The predicted molar refractivity (Wildman–Crippen MR) is 93.8 cm³/mol. The van der Waals surface area contributed by atoms with Gasteiger partial charge >= 0.3 is 0 Å². The maximum Gasteiger partial charge on any atom is 0.229 e. The molecule has 1 aromatic carbocycles. The quantitative estimate of drug-likeness (QED) is 0.895. The molecule has 1 saturated carbocycles. The smallest absolute Gasteiger partial charge is 0.229 e. The lowest BCUT2D eigenvalue weighted by Gasteiger charge is -2.37. The number of aromatic nitrogens is 1. The second kappa shape index (κ2) is 6.89. The molecule has 0 saturated heterocycles. The summed E-state index contributed by atoms with van der Waals surface area (Å²) in [5.74, 6) is 0.573. The van der Waals surface area contributed by atoms with Gasteiger partial charge in [0.1, 0.15) is 5.52 Å². The number of hydrogen-bond donors (Lipinski definition) is 2. The Balaban J connectivity index is 0.00000192. The van der Waals surface area contributed by atoms with Crippen molar-refractivity contribution in [3.8, 4) is 0 Å². The average Bonchev–Trinajstić information content (AvgIpc) is 2.89. The number of carbonyl (C=O) groups excluding carboxylic acids is 1. The Morgan fingerprint density at radius 2 is 2.26 bits per heavy atom. The van der Waals surface area contributed by atoms with Gasteiger partial charge in [-0.25, -0.2) is 4.98 Å². The number of nitrogens with two attached hydrogens (primary N) is 1. The Morgan fingerprint density at radius 1 is 1.48 bits per heavy atom. The number of fused-ring (bicyclic) bond motifs is 1. The van der Waals surface area contributed by atoms with Crippen LogP contribution < -0.4 is 11.1 Å². The van der Waals surface area contributed by atoms with Crippen LogP contribution in [0.5, 0.6) is 0 Å². The number of halogens is 1. The number of anilines is 1. The van der Waals surface area contributed by atoms with Crippen molar-refractivity contribution < 1.29 is 9.21 Å². The summed E-state index contributed by atoms with van der Waals surface area (Å²) < 4.78 is 5.58. The molecule has 1 heterocycles. The second-order valence-electron chi connectivity index (χ2n) is 6.44. The number of hydrogen-bond acceptors (Lipinski definition) is 4. The van der Waals surface area contributed by atoms with Crippen molar-refractivity contribution in [2.75, 3.05) is 5.32 Å². The molecule has 23 heavy (non-hydrogen) atoms. The van der Waals surface area contributed by atoms with E-state index in [2.05, 4.69) is 10.3 Å². The van der Waals surface area contributed by atoms with E-state index < -0.39 is 5.54 Å². The first-order chi connectivity index (χ1) is 10.5. The minimum atomic E-state index is -0.421. The van der Waals surface area contributed by atoms with Gasteiger partial charge in [0.15, 0.2) is 11.5 Å². The first kappa shape index (κ1) is 17.8. The number of amides is 1. The Kier molecular flexibility index (Phi) is 5.32. The van der Waals surface area contributed by atoms with E-state index in [4.69, 9.17) is 10.2 Å². The van der Waals surface area contributed by atoms with Crippen molar-refractivity contribution in [3.05, 3.63) is 24.1 Å². The molecule has 0 aliphatic heterocycles.